The highest BCUT2D eigenvalue weighted by Crippen LogP contribution is 2.17. The van der Waals surface area contributed by atoms with Gasteiger partial charge in [-0.05, 0) is 31.5 Å². The lowest BCUT2D eigenvalue weighted by atomic mass is 10.1. The molecule has 0 aliphatic carbocycles. The van der Waals surface area contributed by atoms with E-state index in [0.29, 0.717) is 5.56 Å². The van der Waals surface area contributed by atoms with Gasteiger partial charge in [0.1, 0.15) is 0 Å². The molecule has 0 aliphatic heterocycles. The first-order chi connectivity index (χ1) is 8.49. The number of carbonyl (C=O) groups is 1. The summed E-state index contributed by atoms with van der Waals surface area (Å²) in [7, 11) is 3.08. The Bertz CT molecular complexity index is 419. The largest absolute Gasteiger partial charge is 0.354 e. The minimum absolute atomic E-state index is 0.151. The molecule has 0 fully saturated rings. The highest BCUT2D eigenvalue weighted by Gasteiger charge is 2.18. The van der Waals surface area contributed by atoms with E-state index in [-0.39, 0.29) is 11.9 Å². The first kappa shape index (κ1) is 15.1. The SMILES string of the molecule is COC(OC)C(C)NC(=O)c1ccc(C)c(Br)c1. The molecule has 1 amide bonds. The Morgan fingerprint density at radius 2 is 1.94 bits per heavy atom. The van der Waals surface area contributed by atoms with Gasteiger partial charge < -0.3 is 14.8 Å². The van der Waals surface area contributed by atoms with Crippen molar-refractivity contribution in [1.29, 1.82) is 0 Å². The van der Waals surface area contributed by atoms with Crippen molar-refractivity contribution in [1.82, 2.24) is 5.32 Å². The van der Waals surface area contributed by atoms with Crippen LogP contribution < -0.4 is 5.32 Å². The van der Waals surface area contributed by atoms with Gasteiger partial charge >= 0.3 is 0 Å². The lowest BCUT2D eigenvalue weighted by molar-refractivity contribution is -0.117. The van der Waals surface area contributed by atoms with Crippen molar-refractivity contribution in [3.8, 4) is 0 Å². The molecular formula is C13H18BrNO3. The average molecular weight is 316 g/mol. The third kappa shape index (κ3) is 3.80. The first-order valence-electron chi connectivity index (χ1n) is 5.62. The molecule has 1 aromatic carbocycles. The lowest BCUT2D eigenvalue weighted by Gasteiger charge is -2.22. The molecule has 0 bridgehead atoms. The molecular weight excluding hydrogens is 298 g/mol. The summed E-state index contributed by atoms with van der Waals surface area (Å²) in [6.45, 7) is 3.80. The first-order valence-corrected chi connectivity index (χ1v) is 6.41. The maximum atomic E-state index is 12.0. The maximum absolute atomic E-state index is 12.0. The Labute approximate surface area is 116 Å². The Balaban J connectivity index is 2.73. The van der Waals surface area contributed by atoms with Crippen LogP contribution in [0.5, 0.6) is 0 Å². The number of nitrogens with one attached hydrogen (secondary N) is 1. The third-order valence-corrected chi connectivity index (χ3v) is 3.52. The highest BCUT2D eigenvalue weighted by molar-refractivity contribution is 9.10. The van der Waals surface area contributed by atoms with Crippen molar-refractivity contribution < 1.29 is 14.3 Å². The van der Waals surface area contributed by atoms with Crippen molar-refractivity contribution in [2.45, 2.75) is 26.2 Å². The molecule has 4 nitrogen and oxygen atoms in total. The number of halogens is 1. The minimum atomic E-state index is -0.456. The molecule has 5 heteroatoms. The van der Waals surface area contributed by atoms with Gasteiger partial charge in [-0.3, -0.25) is 4.79 Å². The second-order valence-electron chi connectivity index (χ2n) is 4.07. The summed E-state index contributed by atoms with van der Waals surface area (Å²) in [6.07, 6.45) is -0.456. The fraction of sp³-hybridized carbons (Fsp3) is 0.462. The van der Waals surface area contributed by atoms with Crippen molar-refractivity contribution in [2.24, 2.45) is 0 Å². The molecule has 0 spiro atoms. The van der Waals surface area contributed by atoms with E-state index in [1.54, 1.807) is 26.4 Å². The van der Waals surface area contributed by atoms with Crippen molar-refractivity contribution in [2.75, 3.05) is 14.2 Å². The quantitative estimate of drug-likeness (QED) is 0.849. The monoisotopic (exact) mass is 315 g/mol. The molecule has 0 aromatic heterocycles. The Kier molecular flexibility index (Phi) is 5.78. The van der Waals surface area contributed by atoms with Crippen molar-refractivity contribution in [3.05, 3.63) is 33.8 Å². The number of hydrogen-bond acceptors (Lipinski definition) is 3. The Morgan fingerprint density at radius 1 is 1.33 bits per heavy atom. The number of ether oxygens (including phenoxy) is 2. The highest BCUT2D eigenvalue weighted by atomic mass is 79.9. The van der Waals surface area contributed by atoms with E-state index in [9.17, 15) is 4.79 Å². The van der Waals surface area contributed by atoms with Gasteiger partial charge in [-0.15, -0.1) is 0 Å². The van der Waals surface area contributed by atoms with Crippen LogP contribution in [0.15, 0.2) is 22.7 Å². The van der Waals surface area contributed by atoms with Crippen LogP contribution in [0.2, 0.25) is 0 Å². The number of carbonyl (C=O) groups excluding carboxylic acids is 1. The fourth-order valence-electron chi connectivity index (χ4n) is 1.60. The van der Waals surface area contributed by atoms with Gasteiger partial charge in [-0.25, -0.2) is 0 Å². The molecule has 0 heterocycles. The summed E-state index contributed by atoms with van der Waals surface area (Å²) in [5.74, 6) is -0.151. The molecule has 1 atom stereocenters. The molecule has 100 valence electrons. The van der Waals surface area contributed by atoms with Crippen molar-refractivity contribution in [3.63, 3.8) is 0 Å². The van der Waals surface area contributed by atoms with E-state index in [4.69, 9.17) is 9.47 Å². The zero-order chi connectivity index (χ0) is 13.7. The molecule has 1 rings (SSSR count). The molecule has 0 aliphatic rings. The number of aryl methyl sites for hydroxylation is 1. The predicted octanol–water partition coefficient (Wildman–Crippen LogP) is 2.49. The van der Waals surface area contributed by atoms with E-state index < -0.39 is 6.29 Å². The lowest BCUT2D eigenvalue weighted by Crippen LogP contribution is -2.42. The van der Waals surface area contributed by atoms with Gasteiger partial charge in [0.25, 0.3) is 5.91 Å². The van der Waals surface area contributed by atoms with Crippen LogP contribution in [0.4, 0.5) is 0 Å². The van der Waals surface area contributed by atoms with E-state index in [2.05, 4.69) is 21.2 Å². The normalized spacial score (nSPS) is 12.6. The van der Waals surface area contributed by atoms with Crippen LogP contribution >= 0.6 is 15.9 Å². The van der Waals surface area contributed by atoms with Gasteiger partial charge in [0.05, 0.1) is 6.04 Å². The van der Waals surface area contributed by atoms with Gasteiger partial charge in [0, 0.05) is 24.3 Å². The van der Waals surface area contributed by atoms with Gasteiger partial charge in [-0.1, -0.05) is 22.0 Å². The van der Waals surface area contributed by atoms with Crippen molar-refractivity contribution >= 4 is 21.8 Å². The van der Waals surface area contributed by atoms with E-state index >= 15 is 0 Å². The fourth-order valence-corrected chi connectivity index (χ4v) is 1.98. The number of rotatable bonds is 5. The molecule has 1 N–H and O–H groups in total. The topological polar surface area (TPSA) is 47.6 Å². The number of benzene rings is 1. The predicted molar refractivity (Wildman–Crippen MR) is 73.6 cm³/mol. The van der Waals surface area contributed by atoms with Crippen LogP contribution in [0.25, 0.3) is 0 Å². The summed E-state index contributed by atoms with van der Waals surface area (Å²) in [4.78, 5) is 12.0. The zero-order valence-electron chi connectivity index (χ0n) is 11.0. The van der Waals surface area contributed by atoms with Crippen LogP contribution in [0, 0.1) is 6.92 Å². The molecule has 1 aromatic rings. The third-order valence-electron chi connectivity index (χ3n) is 2.67. The van der Waals surface area contributed by atoms with Crippen LogP contribution in [0.3, 0.4) is 0 Å². The van der Waals surface area contributed by atoms with E-state index in [1.807, 2.05) is 19.9 Å². The molecule has 0 radical (unpaired) electrons. The minimum Gasteiger partial charge on any atom is -0.354 e. The zero-order valence-corrected chi connectivity index (χ0v) is 12.6. The number of methoxy groups -OCH3 is 2. The molecule has 1 unspecified atom stereocenters. The number of amides is 1. The second kappa shape index (κ2) is 6.87. The Morgan fingerprint density at radius 3 is 2.44 bits per heavy atom. The molecule has 0 saturated carbocycles. The van der Waals surface area contributed by atoms with Crippen LogP contribution in [-0.2, 0) is 9.47 Å². The number of hydrogen-bond donors (Lipinski definition) is 1. The van der Waals surface area contributed by atoms with E-state index in [0.717, 1.165) is 10.0 Å². The summed E-state index contributed by atoms with van der Waals surface area (Å²) in [5, 5.41) is 2.84. The molecule has 0 saturated heterocycles. The average Bonchev–Trinajstić information content (AvgIpc) is 2.34. The van der Waals surface area contributed by atoms with Gasteiger partial charge in [0.15, 0.2) is 6.29 Å². The van der Waals surface area contributed by atoms with Crippen LogP contribution in [0.1, 0.15) is 22.8 Å². The van der Waals surface area contributed by atoms with Gasteiger partial charge in [0.2, 0.25) is 0 Å². The van der Waals surface area contributed by atoms with Gasteiger partial charge in [-0.2, -0.15) is 0 Å². The smallest absolute Gasteiger partial charge is 0.251 e. The van der Waals surface area contributed by atoms with Crippen LogP contribution in [-0.4, -0.2) is 32.5 Å². The summed E-state index contributed by atoms with van der Waals surface area (Å²) >= 11 is 3.41. The molecule has 18 heavy (non-hydrogen) atoms. The van der Waals surface area contributed by atoms with E-state index in [1.165, 1.54) is 0 Å². The second-order valence-corrected chi connectivity index (χ2v) is 4.92. The standard InChI is InChI=1S/C13H18BrNO3/c1-8-5-6-10(7-11(8)14)12(16)15-9(2)13(17-3)18-4/h5-7,9,13H,1-4H3,(H,15,16). The maximum Gasteiger partial charge on any atom is 0.251 e. The summed E-state index contributed by atoms with van der Waals surface area (Å²) in [5.41, 5.74) is 1.69. The summed E-state index contributed by atoms with van der Waals surface area (Å²) < 4.78 is 11.1. The Hall–Kier alpha value is -0.910. The summed E-state index contributed by atoms with van der Waals surface area (Å²) in [6, 6.07) is 5.25.